The van der Waals surface area contributed by atoms with E-state index in [-0.39, 0.29) is 17.9 Å². The van der Waals surface area contributed by atoms with Gasteiger partial charge in [-0.3, -0.25) is 4.79 Å². The van der Waals surface area contributed by atoms with Gasteiger partial charge in [-0.05, 0) is 19.4 Å². The normalized spacial score (nSPS) is 14.3. The molecule has 15 heavy (non-hydrogen) atoms. The van der Waals surface area contributed by atoms with E-state index in [1.54, 1.807) is 6.92 Å². The third-order valence-electron chi connectivity index (χ3n) is 2.23. The molecular formula is C12H17NO2. The van der Waals surface area contributed by atoms with Gasteiger partial charge in [0.1, 0.15) is 0 Å². The summed E-state index contributed by atoms with van der Waals surface area (Å²) in [6, 6.07) is 9.24. The fraction of sp³-hybridized carbons (Fsp3) is 0.417. The Labute approximate surface area is 90.2 Å². The molecule has 1 aromatic rings. The van der Waals surface area contributed by atoms with E-state index in [0.29, 0.717) is 6.61 Å². The summed E-state index contributed by atoms with van der Waals surface area (Å²) in [5.41, 5.74) is 6.71. The van der Waals surface area contributed by atoms with E-state index in [4.69, 9.17) is 10.5 Å². The molecule has 2 atom stereocenters. The molecule has 0 aromatic heterocycles. The van der Waals surface area contributed by atoms with Crippen molar-refractivity contribution in [3.8, 4) is 0 Å². The summed E-state index contributed by atoms with van der Waals surface area (Å²) in [6.45, 7) is 3.99. The molecule has 0 spiro atoms. The summed E-state index contributed by atoms with van der Waals surface area (Å²) in [6.07, 6.45) is 0. The Kier molecular flexibility index (Phi) is 4.31. The van der Waals surface area contributed by atoms with Crippen LogP contribution in [-0.4, -0.2) is 18.6 Å². The molecule has 0 bridgehead atoms. The Balaban J connectivity index is 2.88. The Hall–Kier alpha value is -1.35. The average Bonchev–Trinajstić information content (AvgIpc) is 2.19. The number of esters is 1. The van der Waals surface area contributed by atoms with Crippen molar-refractivity contribution in [1.82, 2.24) is 0 Å². The zero-order valence-electron chi connectivity index (χ0n) is 9.14. The van der Waals surface area contributed by atoms with Crippen LogP contribution in [-0.2, 0) is 9.53 Å². The van der Waals surface area contributed by atoms with Crippen LogP contribution in [0.15, 0.2) is 30.3 Å². The number of carbonyl (C=O) groups excluding carboxylic acids is 1. The van der Waals surface area contributed by atoms with Crippen LogP contribution in [0.5, 0.6) is 0 Å². The smallest absolute Gasteiger partial charge is 0.314 e. The summed E-state index contributed by atoms with van der Waals surface area (Å²) < 4.78 is 5.00. The molecule has 0 saturated heterocycles. The lowest BCUT2D eigenvalue weighted by atomic mass is 9.93. The molecule has 0 aliphatic rings. The summed E-state index contributed by atoms with van der Waals surface area (Å²) in [5, 5.41) is 0. The quantitative estimate of drug-likeness (QED) is 0.764. The molecule has 0 radical (unpaired) electrons. The largest absolute Gasteiger partial charge is 0.465 e. The lowest BCUT2D eigenvalue weighted by Gasteiger charge is -2.19. The van der Waals surface area contributed by atoms with Gasteiger partial charge < -0.3 is 10.5 Å². The number of nitrogens with two attached hydrogens (primary N) is 1. The highest BCUT2D eigenvalue weighted by molar-refractivity contribution is 5.79. The molecule has 3 heteroatoms. The van der Waals surface area contributed by atoms with Gasteiger partial charge in [-0.25, -0.2) is 0 Å². The lowest BCUT2D eigenvalue weighted by molar-refractivity contribution is -0.145. The van der Waals surface area contributed by atoms with Gasteiger partial charge in [-0.15, -0.1) is 0 Å². The highest BCUT2D eigenvalue weighted by Crippen LogP contribution is 2.19. The van der Waals surface area contributed by atoms with Crippen molar-refractivity contribution in [3.63, 3.8) is 0 Å². The van der Waals surface area contributed by atoms with E-state index in [9.17, 15) is 4.79 Å². The van der Waals surface area contributed by atoms with E-state index < -0.39 is 0 Å². The number of ether oxygens (including phenoxy) is 1. The molecule has 0 fully saturated rings. The number of hydrogen-bond donors (Lipinski definition) is 1. The standard InChI is InChI=1S/C12H17NO2/c1-3-15-12(14)11(9(2)13)10-7-5-4-6-8-10/h4-9,11H,3,13H2,1-2H3/t9-,11+/m1/s1. The van der Waals surface area contributed by atoms with E-state index in [1.807, 2.05) is 37.3 Å². The molecule has 1 rings (SSSR count). The molecule has 0 amide bonds. The molecular weight excluding hydrogens is 190 g/mol. The van der Waals surface area contributed by atoms with Crippen molar-refractivity contribution in [2.75, 3.05) is 6.61 Å². The minimum atomic E-state index is -0.369. The van der Waals surface area contributed by atoms with Crippen LogP contribution in [0.1, 0.15) is 25.3 Å². The fourth-order valence-electron chi connectivity index (χ4n) is 1.55. The maximum absolute atomic E-state index is 11.7. The van der Waals surface area contributed by atoms with Crippen LogP contribution in [0.2, 0.25) is 0 Å². The molecule has 0 heterocycles. The maximum atomic E-state index is 11.7. The first-order valence-electron chi connectivity index (χ1n) is 5.14. The number of rotatable bonds is 4. The van der Waals surface area contributed by atoms with Crippen molar-refractivity contribution < 1.29 is 9.53 Å². The third-order valence-corrected chi connectivity index (χ3v) is 2.23. The van der Waals surface area contributed by atoms with Gasteiger partial charge in [0.2, 0.25) is 0 Å². The Bertz CT molecular complexity index is 309. The molecule has 0 aliphatic heterocycles. The molecule has 82 valence electrons. The van der Waals surface area contributed by atoms with Gasteiger partial charge in [0.25, 0.3) is 0 Å². The van der Waals surface area contributed by atoms with E-state index in [2.05, 4.69) is 0 Å². The van der Waals surface area contributed by atoms with E-state index in [1.165, 1.54) is 0 Å². The SMILES string of the molecule is CCOC(=O)[C@H](c1ccccc1)[C@@H](C)N. The van der Waals surface area contributed by atoms with Crippen LogP contribution in [0.4, 0.5) is 0 Å². The molecule has 1 aromatic carbocycles. The predicted octanol–water partition coefficient (Wildman–Crippen LogP) is 1.68. The van der Waals surface area contributed by atoms with Crippen LogP contribution in [0, 0.1) is 0 Å². The van der Waals surface area contributed by atoms with Gasteiger partial charge in [-0.2, -0.15) is 0 Å². The molecule has 0 saturated carbocycles. The zero-order chi connectivity index (χ0) is 11.3. The summed E-state index contributed by atoms with van der Waals surface area (Å²) >= 11 is 0. The second kappa shape index (κ2) is 5.51. The van der Waals surface area contributed by atoms with Crippen molar-refractivity contribution >= 4 is 5.97 Å². The van der Waals surface area contributed by atoms with Crippen LogP contribution in [0.3, 0.4) is 0 Å². The second-order valence-corrected chi connectivity index (χ2v) is 3.50. The number of carbonyl (C=O) groups is 1. The Morgan fingerprint density at radius 1 is 1.40 bits per heavy atom. The first-order chi connectivity index (χ1) is 7.16. The fourth-order valence-corrected chi connectivity index (χ4v) is 1.55. The monoisotopic (exact) mass is 207 g/mol. The van der Waals surface area contributed by atoms with Gasteiger partial charge >= 0.3 is 5.97 Å². The lowest BCUT2D eigenvalue weighted by Crippen LogP contribution is -2.32. The number of hydrogen-bond acceptors (Lipinski definition) is 3. The van der Waals surface area contributed by atoms with E-state index >= 15 is 0 Å². The highest BCUT2D eigenvalue weighted by Gasteiger charge is 2.25. The average molecular weight is 207 g/mol. The second-order valence-electron chi connectivity index (χ2n) is 3.50. The first kappa shape index (κ1) is 11.7. The number of benzene rings is 1. The van der Waals surface area contributed by atoms with Crippen LogP contribution < -0.4 is 5.73 Å². The van der Waals surface area contributed by atoms with Gasteiger partial charge in [-0.1, -0.05) is 30.3 Å². The van der Waals surface area contributed by atoms with Gasteiger partial charge in [0.05, 0.1) is 12.5 Å². The summed E-state index contributed by atoms with van der Waals surface area (Å²) in [7, 11) is 0. The Morgan fingerprint density at radius 2 is 2.00 bits per heavy atom. The van der Waals surface area contributed by atoms with Gasteiger partial charge in [0, 0.05) is 6.04 Å². The first-order valence-corrected chi connectivity index (χ1v) is 5.14. The molecule has 0 aliphatic carbocycles. The molecule has 0 unspecified atom stereocenters. The molecule has 3 nitrogen and oxygen atoms in total. The van der Waals surface area contributed by atoms with Crippen LogP contribution >= 0.6 is 0 Å². The Morgan fingerprint density at radius 3 is 2.47 bits per heavy atom. The van der Waals surface area contributed by atoms with Crippen LogP contribution in [0.25, 0.3) is 0 Å². The van der Waals surface area contributed by atoms with Gasteiger partial charge in [0.15, 0.2) is 0 Å². The van der Waals surface area contributed by atoms with Crippen molar-refractivity contribution in [1.29, 1.82) is 0 Å². The highest BCUT2D eigenvalue weighted by atomic mass is 16.5. The molecule has 2 N–H and O–H groups in total. The van der Waals surface area contributed by atoms with Crippen molar-refractivity contribution in [2.45, 2.75) is 25.8 Å². The summed E-state index contributed by atoms with van der Waals surface area (Å²) in [5.74, 6) is -0.621. The van der Waals surface area contributed by atoms with Crippen molar-refractivity contribution in [3.05, 3.63) is 35.9 Å². The topological polar surface area (TPSA) is 52.3 Å². The maximum Gasteiger partial charge on any atom is 0.314 e. The van der Waals surface area contributed by atoms with Crippen molar-refractivity contribution in [2.24, 2.45) is 5.73 Å². The predicted molar refractivity (Wildman–Crippen MR) is 59.5 cm³/mol. The third kappa shape index (κ3) is 3.06. The minimum Gasteiger partial charge on any atom is -0.465 e. The minimum absolute atomic E-state index is 0.244. The summed E-state index contributed by atoms with van der Waals surface area (Å²) in [4.78, 5) is 11.7. The zero-order valence-corrected chi connectivity index (χ0v) is 9.14. The van der Waals surface area contributed by atoms with E-state index in [0.717, 1.165) is 5.56 Å².